The standard InChI is InChI=1S/C43H27N4OP/c1-2-15-30(16-3-1)47-37-22-9-6-18-32(37)35-20-8-11-24-40(35)49(47)43-45-41(29-25-26-34-33-19-7-10-23-38(33)48-39(34)27-29)44-42(46-43)36-21-12-14-28-13-4-5-17-31(28)36/h1-27H. The van der Waals surface area contributed by atoms with Crippen LogP contribution in [0.5, 0.6) is 0 Å². The molecule has 49 heavy (non-hydrogen) atoms. The van der Waals surface area contributed by atoms with E-state index in [1.165, 1.54) is 16.4 Å². The van der Waals surface area contributed by atoms with Gasteiger partial charge in [-0.1, -0.05) is 127 Å². The first-order valence-corrected chi connectivity index (χ1v) is 17.6. The largest absolute Gasteiger partial charge is 0.456 e. The highest BCUT2D eigenvalue weighted by Gasteiger charge is 2.36. The summed E-state index contributed by atoms with van der Waals surface area (Å²) in [7, 11) is -1.27. The van der Waals surface area contributed by atoms with Crippen LogP contribution in [0.4, 0.5) is 11.4 Å². The Hall–Kier alpha value is -6.16. The summed E-state index contributed by atoms with van der Waals surface area (Å²) in [6, 6.07) is 57.1. The van der Waals surface area contributed by atoms with E-state index in [-0.39, 0.29) is 0 Å². The minimum Gasteiger partial charge on any atom is -0.456 e. The fourth-order valence-electron chi connectivity index (χ4n) is 7.00. The van der Waals surface area contributed by atoms with Crippen molar-refractivity contribution >= 4 is 63.0 Å². The predicted molar refractivity (Wildman–Crippen MR) is 202 cm³/mol. The summed E-state index contributed by atoms with van der Waals surface area (Å²) in [5.74, 6) is 1.26. The third-order valence-electron chi connectivity index (χ3n) is 9.24. The van der Waals surface area contributed by atoms with Gasteiger partial charge in [0.1, 0.15) is 19.2 Å². The zero-order chi connectivity index (χ0) is 32.3. The van der Waals surface area contributed by atoms with Gasteiger partial charge in [0.15, 0.2) is 17.2 Å². The Morgan fingerprint density at radius 3 is 2.06 bits per heavy atom. The summed E-state index contributed by atoms with van der Waals surface area (Å²) in [6.07, 6.45) is 0. The molecule has 7 aromatic carbocycles. The minimum absolute atomic E-state index is 0.613. The van der Waals surface area contributed by atoms with Gasteiger partial charge < -0.3 is 9.09 Å². The summed E-state index contributed by atoms with van der Waals surface area (Å²) in [4.78, 5) is 16.0. The van der Waals surface area contributed by atoms with Crippen molar-refractivity contribution in [1.29, 1.82) is 0 Å². The van der Waals surface area contributed by atoms with Crippen molar-refractivity contribution in [2.24, 2.45) is 0 Å². The monoisotopic (exact) mass is 646 g/mol. The van der Waals surface area contributed by atoms with Gasteiger partial charge in [-0.2, -0.15) is 0 Å². The lowest BCUT2D eigenvalue weighted by molar-refractivity contribution is 0.669. The van der Waals surface area contributed by atoms with Crippen LogP contribution in [0.2, 0.25) is 0 Å². The fraction of sp³-hybridized carbons (Fsp3) is 0. The van der Waals surface area contributed by atoms with Gasteiger partial charge in [-0.25, -0.2) is 15.0 Å². The van der Waals surface area contributed by atoms with Crippen LogP contribution in [0.15, 0.2) is 168 Å². The van der Waals surface area contributed by atoms with Crippen LogP contribution in [0.3, 0.4) is 0 Å². The van der Waals surface area contributed by atoms with Gasteiger partial charge in [0.25, 0.3) is 0 Å². The van der Waals surface area contributed by atoms with Gasteiger partial charge in [-0.05, 0) is 52.7 Å². The molecule has 5 nitrogen and oxygen atoms in total. The topological polar surface area (TPSA) is 55.1 Å². The molecular weight excluding hydrogens is 619 g/mol. The number of hydrogen-bond donors (Lipinski definition) is 0. The van der Waals surface area contributed by atoms with E-state index in [4.69, 9.17) is 19.4 Å². The molecule has 6 heteroatoms. The predicted octanol–water partition coefficient (Wildman–Crippen LogP) is 10.4. The molecule has 10 rings (SSSR count). The van der Waals surface area contributed by atoms with E-state index >= 15 is 0 Å². The molecule has 230 valence electrons. The maximum atomic E-state index is 6.32. The molecule has 0 aliphatic carbocycles. The van der Waals surface area contributed by atoms with Crippen molar-refractivity contribution in [3.8, 4) is 33.9 Å². The van der Waals surface area contributed by atoms with Crippen molar-refractivity contribution in [2.45, 2.75) is 0 Å². The summed E-state index contributed by atoms with van der Waals surface area (Å²) in [6.45, 7) is 0. The Balaban J connectivity index is 1.26. The molecule has 1 aliphatic heterocycles. The Kier molecular flexibility index (Phi) is 6.39. The second-order valence-electron chi connectivity index (χ2n) is 12.1. The number of anilines is 2. The normalized spacial score (nSPS) is 13.9. The molecule has 0 radical (unpaired) electrons. The van der Waals surface area contributed by atoms with Gasteiger partial charge in [-0.15, -0.1) is 0 Å². The average molecular weight is 647 g/mol. The number of rotatable bonds is 4. The van der Waals surface area contributed by atoms with Crippen molar-refractivity contribution in [1.82, 2.24) is 15.0 Å². The SMILES string of the molecule is c1ccc(N2c3ccccc3-c3ccccc3P2c2nc(-c3ccc4c(c3)oc3ccccc34)nc(-c3cccc4ccccc34)n2)cc1. The molecule has 0 saturated heterocycles. The van der Waals surface area contributed by atoms with E-state index in [2.05, 4.69) is 150 Å². The number of aromatic nitrogens is 3. The molecule has 0 N–H and O–H groups in total. The van der Waals surface area contributed by atoms with Crippen LogP contribution in [-0.4, -0.2) is 15.0 Å². The maximum Gasteiger partial charge on any atom is 0.181 e. The molecule has 0 saturated carbocycles. The molecule has 3 heterocycles. The van der Waals surface area contributed by atoms with Crippen molar-refractivity contribution in [2.75, 3.05) is 4.67 Å². The van der Waals surface area contributed by atoms with E-state index in [1.807, 2.05) is 18.2 Å². The third kappa shape index (κ3) is 4.55. The van der Waals surface area contributed by atoms with E-state index in [0.29, 0.717) is 11.6 Å². The summed E-state index contributed by atoms with van der Waals surface area (Å²) < 4.78 is 8.75. The smallest absolute Gasteiger partial charge is 0.181 e. The van der Waals surface area contributed by atoms with Gasteiger partial charge >= 0.3 is 0 Å². The van der Waals surface area contributed by atoms with Gasteiger partial charge in [0.05, 0.1) is 5.69 Å². The summed E-state index contributed by atoms with van der Waals surface area (Å²) in [5, 5.41) is 5.61. The lowest BCUT2D eigenvalue weighted by atomic mass is 10.0. The number of fused-ring (bicyclic) bond motifs is 7. The number of furan rings is 1. The van der Waals surface area contributed by atoms with Crippen LogP contribution in [0.25, 0.3) is 66.6 Å². The lowest BCUT2D eigenvalue weighted by Gasteiger charge is -2.39. The molecule has 1 atom stereocenters. The minimum atomic E-state index is -1.27. The number of hydrogen-bond acceptors (Lipinski definition) is 5. The van der Waals surface area contributed by atoms with Crippen LogP contribution < -0.4 is 15.5 Å². The molecule has 2 aromatic heterocycles. The van der Waals surface area contributed by atoms with Crippen LogP contribution in [0.1, 0.15) is 0 Å². The highest BCUT2D eigenvalue weighted by atomic mass is 31.1. The zero-order valence-electron chi connectivity index (χ0n) is 26.2. The van der Waals surface area contributed by atoms with Gasteiger partial charge in [-0.3, -0.25) is 0 Å². The van der Waals surface area contributed by atoms with E-state index < -0.39 is 8.07 Å². The first-order chi connectivity index (χ1) is 24.3. The number of nitrogens with zero attached hydrogens (tertiary/aromatic N) is 4. The Morgan fingerprint density at radius 2 is 1.14 bits per heavy atom. The Labute approximate surface area is 284 Å². The molecule has 9 aromatic rings. The van der Waals surface area contributed by atoms with Crippen molar-refractivity contribution in [3.63, 3.8) is 0 Å². The molecule has 1 unspecified atom stereocenters. The zero-order valence-corrected chi connectivity index (χ0v) is 27.1. The van der Waals surface area contributed by atoms with E-state index in [1.54, 1.807) is 0 Å². The Bertz CT molecular complexity index is 2700. The van der Waals surface area contributed by atoms with Crippen LogP contribution in [0, 0.1) is 0 Å². The van der Waals surface area contributed by atoms with Crippen LogP contribution in [-0.2, 0) is 0 Å². The first kappa shape index (κ1) is 27.9. The van der Waals surface area contributed by atoms with Gasteiger partial charge in [0.2, 0.25) is 0 Å². The number of benzene rings is 7. The fourth-order valence-corrected chi connectivity index (χ4v) is 9.40. The molecule has 0 bridgehead atoms. The van der Waals surface area contributed by atoms with E-state index in [9.17, 15) is 0 Å². The second kappa shape index (κ2) is 11.2. The molecule has 1 aliphatic rings. The number of para-hydroxylation sites is 3. The second-order valence-corrected chi connectivity index (χ2v) is 14.0. The van der Waals surface area contributed by atoms with Crippen molar-refractivity contribution < 1.29 is 4.42 Å². The van der Waals surface area contributed by atoms with E-state index in [0.717, 1.165) is 60.8 Å². The molecule has 0 spiro atoms. The van der Waals surface area contributed by atoms with Crippen molar-refractivity contribution in [3.05, 3.63) is 164 Å². The summed E-state index contributed by atoms with van der Waals surface area (Å²) >= 11 is 0. The van der Waals surface area contributed by atoms with Gasteiger partial charge in [0, 0.05) is 38.5 Å². The third-order valence-corrected chi connectivity index (χ3v) is 11.5. The highest BCUT2D eigenvalue weighted by molar-refractivity contribution is 7.74. The summed E-state index contributed by atoms with van der Waals surface area (Å²) in [5.41, 5.74) is 8.88. The molecular formula is C43H27N4OP. The first-order valence-electron chi connectivity index (χ1n) is 16.3. The molecule has 0 fully saturated rings. The van der Waals surface area contributed by atoms with Crippen LogP contribution >= 0.6 is 8.07 Å². The lowest BCUT2D eigenvalue weighted by Crippen LogP contribution is -2.33. The Morgan fingerprint density at radius 1 is 0.469 bits per heavy atom. The maximum absolute atomic E-state index is 6.32. The molecule has 0 amide bonds. The average Bonchev–Trinajstić information content (AvgIpc) is 3.55. The highest BCUT2D eigenvalue weighted by Crippen LogP contribution is 2.55. The quantitative estimate of drug-likeness (QED) is 0.178.